The maximum atomic E-state index is 5.73. The molecule has 0 radical (unpaired) electrons. The fraction of sp³-hybridized carbons (Fsp3) is 0.250. The van der Waals surface area contributed by atoms with Crippen molar-refractivity contribution in [2.45, 2.75) is 13.5 Å². The van der Waals surface area contributed by atoms with Gasteiger partial charge < -0.3 is 15.1 Å². The van der Waals surface area contributed by atoms with Gasteiger partial charge in [-0.05, 0) is 25.1 Å². The van der Waals surface area contributed by atoms with Crippen LogP contribution in [-0.4, -0.2) is 12.0 Å². The Morgan fingerprint density at radius 2 is 2.19 bits per heavy atom. The molecule has 4 nitrogen and oxygen atoms in total. The van der Waals surface area contributed by atoms with Gasteiger partial charge in [-0.2, -0.15) is 0 Å². The second-order valence-electron chi connectivity index (χ2n) is 3.83. The summed E-state index contributed by atoms with van der Waals surface area (Å²) in [7, 11) is 1.99. The largest absolute Gasteiger partial charge is 0.472 e. The second kappa shape index (κ2) is 4.26. The molecule has 0 fully saturated rings. The van der Waals surface area contributed by atoms with Crippen molar-refractivity contribution in [1.29, 1.82) is 0 Å². The molecule has 0 aliphatic carbocycles. The van der Waals surface area contributed by atoms with Crippen LogP contribution in [0.25, 0.3) is 0 Å². The average Bonchev–Trinajstić information content (AvgIpc) is 2.74. The molecule has 16 heavy (non-hydrogen) atoms. The number of pyridine rings is 1. The molecular formula is C12H15N3O. The summed E-state index contributed by atoms with van der Waals surface area (Å²) >= 11 is 0. The Kier molecular flexibility index (Phi) is 2.81. The minimum Gasteiger partial charge on any atom is -0.472 e. The van der Waals surface area contributed by atoms with Gasteiger partial charge in [0.15, 0.2) is 0 Å². The van der Waals surface area contributed by atoms with Gasteiger partial charge in [-0.15, -0.1) is 0 Å². The van der Waals surface area contributed by atoms with E-state index in [-0.39, 0.29) is 0 Å². The van der Waals surface area contributed by atoms with Gasteiger partial charge in [0.25, 0.3) is 0 Å². The highest BCUT2D eigenvalue weighted by Gasteiger charge is 2.05. The van der Waals surface area contributed by atoms with E-state index in [1.807, 2.05) is 32.2 Å². The molecule has 0 bridgehead atoms. The van der Waals surface area contributed by atoms with Crippen LogP contribution in [0, 0.1) is 6.92 Å². The van der Waals surface area contributed by atoms with Gasteiger partial charge in [-0.1, -0.05) is 0 Å². The summed E-state index contributed by atoms with van der Waals surface area (Å²) in [6.07, 6.45) is 3.41. The molecular weight excluding hydrogens is 202 g/mol. The monoisotopic (exact) mass is 217 g/mol. The molecule has 0 aliphatic heterocycles. The third-order valence-corrected chi connectivity index (χ3v) is 2.50. The van der Waals surface area contributed by atoms with Crippen molar-refractivity contribution in [1.82, 2.24) is 4.98 Å². The number of furan rings is 1. The lowest BCUT2D eigenvalue weighted by Crippen LogP contribution is -2.17. The Morgan fingerprint density at radius 3 is 2.81 bits per heavy atom. The number of hydrogen-bond donors (Lipinski definition) is 1. The average molecular weight is 217 g/mol. The first-order valence-electron chi connectivity index (χ1n) is 5.12. The molecule has 2 heterocycles. The van der Waals surface area contributed by atoms with Gasteiger partial charge in [0.1, 0.15) is 5.82 Å². The molecule has 2 aromatic rings. The standard InChI is InChI=1S/C12H15N3O/c1-9-11(13)3-4-12(14-9)15(2)7-10-5-6-16-8-10/h3-6,8H,7,13H2,1-2H3. The number of nitrogens with two attached hydrogens (primary N) is 1. The van der Waals surface area contributed by atoms with E-state index >= 15 is 0 Å². The number of nitrogen functional groups attached to an aromatic ring is 1. The highest BCUT2D eigenvalue weighted by molar-refractivity contribution is 5.50. The number of aromatic nitrogens is 1. The summed E-state index contributed by atoms with van der Waals surface area (Å²) in [5, 5.41) is 0. The van der Waals surface area contributed by atoms with Crippen molar-refractivity contribution in [2.24, 2.45) is 0 Å². The van der Waals surface area contributed by atoms with Crippen LogP contribution in [0.2, 0.25) is 0 Å². The predicted molar refractivity (Wildman–Crippen MR) is 64.2 cm³/mol. The molecule has 0 spiro atoms. The van der Waals surface area contributed by atoms with Gasteiger partial charge in [-0.3, -0.25) is 0 Å². The number of rotatable bonds is 3. The lowest BCUT2D eigenvalue weighted by molar-refractivity contribution is 0.563. The summed E-state index contributed by atoms with van der Waals surface area (Å²) in [6, 6.07) is 5.74. The van der Waals surface area contributed by atoms with Crippen molar-refractivity contribution in [3.63, 3.8) is 0 Å². The molecule has 4 heteroatoms. The van der Waals surface area contributed by atoms with Gasteiger partial charge in [0.05, 0.1) is 23.9 Å². The first-order valence-corrected chi connectivity index (χ1v) is 5.12. The minimum atomic E-state index is 0.723. The van der Waals surface area contributed by atoms with Crippen molar-refractivity contribution in [2.75, 3.05) is 17.7 Å². The molecule has 2 aromatic heterocycles. The van der Waals surface area contributed by atoms with Gasteiger partial charge in [0, 0.05) is 19.2 Å². The molecule has 0 saturated heterocycles. The molecule has 0 aromatic carbocycles. The number of aryl methyl sites for hydroxylation is 1. The van der Waals surface area contributed by atoms with Crippen molar-refractivity contribution >= 4 is 11.5 Å². The van der Waals surface area contributed by atoms with E-state index in [2.05, 4.69) is 9.88 Å². The third kappa shape index (κ3) is 2.16. The normalized spacial score (nSPS) is 10.4. The van der Waals surface area contributed by atoms with Crippen molar-refractivity contribution in [3.8, 4) is 0 Å². The predicted octanol–water partition coefficient (Wildman–Crippen LogP) is 2.20. The molecule has 0 amide bonds. The molecule has 0 aliphatic rings. The van der Waals surface area contributed by atoms with E-state index in [9.17, 15) is 0 Å². The zero-order valence-corrected chi connectivity index (χ0v) is 9.47. The van der Waals surface area contributed by atoms with Crippen LogP contribution >= 0.6 is 0 Å². The topological polar surface area (TPSA) is 55.3 Å². The van der Waals surface area contributed by atoms with Crippen LogP contribution in [0.4, 0.5) is 11.5 Å². The SMILES string of the molecule is Cc1nc(N(C)Cc2ccoc2)ccc1N. The summed E-state index contributed by atoms with van der Waals surface area (Å²) in [6.45, 7) is 2.68. The van der Waals surface area contributed by atoms with Crippen LogP contribution in [-0.2, 0) is 6.54 Å². The lowest BCUT2D eigenvalue weighted by atomic mass is 10.3. The van der Waals surface area contributed by atoms with E-state index < -0.39 is 0 Å². The third-order valence-electron chi connectivity index (χ3n) is 2.50. The van der Waals surface area contributed by atoms with Crippen LogP contribution in [0.5, 0.6) is 0 Å². The van der Waals surface area contributed by atoms with E-state index in [1.165, 1.54) is 0 Å². The first-order chi connectivity index (χ1) is 7.66. The number of hydrogen-bond acceptors (Lipinski definition) is 4. The maximum Gasteiger partial charge on any atom is 0.128 e. The highest BCUT2D eigenvalue weighted by Crippen LogP contribution is 2.16. The fourth-order valence-electron chi connectivity index (χ4n) is 1.51. The molecule has 0 atom stereocenters. The summed E-state index contributed by atoms with van der Waals surface area (Å²) < 4.78 is 5.03. The molecule has 0 saturated carbocycles. The van der Waals surface area contributed by atoms with Crippen molar-refractivity contribution < 1.29 is 4.42 Å². The second-order valence-corrected chi connectivity index (χ2v) is 3.83. The van der Waals surface area contributed by atoms with E-state index in [4.69, 9.17) is 10.2 Å². The quantitative estimate of drug-likeness (QED) is 0.856. The summed E-state index contributed by atoms with van der Waals surface area (Å²) in [4.78, 5) is 6.48. The zero-order chi connectivity index (χ0) is 11.5. The minimum absolute atomic E-state index is 0.723. The van der Waals surface area contributed by atoms with E-state index in [0.29, 0.717) is 0 Å². The van der Waals surface area contributed by atoms with Crippen molar-refractivity contribution in [3.05, 3.63) is 42.0 Å². The van der Waals surface area contributed by atoms with Crippen LogP contribution in [0.15, 0.2) is 35.1 Å². The fourth-order valence-corrected chi connectivity index (χ4v) is 1.51. The Bertz CT molecular complexity index is 465. The zero-order valence-electron chi connectivity index (χ0n) is 9.47. The Balaban J connectivity index is 2.14. The lowest BCUT2D eigenvalue weighted by Gasteiger charge is -2.17. The van der Waals surface area contributed by atoms with Gasteiger partial charge in [-0.25, -0.2) is 4.98 Å². The molecule has 2 N–H and O–H groups in total. The number of anilines is 2. The van der Waals surface area contributed by atoms with E-state index in [1.54, 1.807) is 12.5 Å². The van der Waals surface area contributed by atoms with Gasteiger partial charge in [0.2, 0.25) is 0 Å². The Morgan fingerprint density at radius 1 is 1.38 bits per heavy atom. The Labute approximate surface area is 94.7 Å². The number of nitrogens with zero attached hydrogens (tertiary/aromatic N) is 2. The molecule has 0 unspecified atom stereocenters. The maximum absolute atomic E-state index is 5.73. The summed E-state index contributed by atoms with van der Waals surface area (Å²) in [5.74, 6) is 0.910. The van der Waals surface area contributed by atoms with Gasteiger partial charge >= 0.3 is 0 Å². The van der Waals surface area contributed by atoms with E-state index in [0.717, 1.165) is 29.3 Å². The molecule has 84 valence electrons. The van der Waals surface area contributed by atoms with Crippen LogP contribution in [0.3, 0.4) is 0 Å². The van der Waals surface area contributed by atoms with Crippen LogP contribution in [0.1, 0.15) is 11.3 Å². The smallest absolute Gasteiger partial charge is 0.128 e. The van der Waals surface area contributed by atoms with Crippen LogP contribution < -0.4 is 10.6 Å². The highest BCUT2D eigenvalue weighted by atomic mass is 16.3. The summed E-state index contributed by atoms with van der Waals surface area (Å²) in [5.41, 5.74) is 8.43. The molecule has 2 rings (SSSR count). The first kappa shape index (κ1) is 10.5. The Hall–Kier alpha value is -1.97.